The molecular weight excluding hydrogens is 341 g/mol. The van der Waals surface area contributed by atoms with Crippen LogP contribution < -0.4 is 10.3 Å². The molecule has 25 heavy (non-hydrogen) atoms. The van der Waals surface area contributed by atoms with E-state index in [1.807, 2.05) is 0 Å². The van der Waals surface area contributed by atoms with Crippen LogP contribution in [0.25, 0.3) is 11.4 Å². The molecule has 0 bridgehead atoms. The van der Waals surface area contributed by atoms with Crippen LogP contribution in [0.15, 0.2) is 46.0 Å². The van der Waals surface area contributed by atoms with Crippen molar-refractivity contribution in [2.45, 2.75) is 12.7 Å². The lowest BCUT2D eigenvalue weighted by atomic mass is 10.2. The zero-order chi connectivity index (χ0) is 18.0. The molecule has 0 aliphatic rings. The van der Waals surface area contributed by atoms with Crippen molar-refractivity contribution < 1.29 is 22.4 Å². The summed E-state index contributed by atoms with van der Waals surface area (Å²) in [5, 5.41) is 3.25. The van der Waals surface area contributed by atoms with E-state index in [4.69, 9.17) is 4.74 Å². The number of rotatable bonds is 4. The summed E-state index contributed by atoms with van der Waals surface area (Å²) in [6, 6.07) is 6.01. The molecular formula is C15H11F3N4O3. The van der Waals surface area contributed by atoms with Gasteiger partial charge < -0.3 is 13.8 Å². The molecule has 0 amide bonds. The molecule has 0 aliphatic carbocycles. The highest BCUT2D eigenvalue weighted by Gasteiger charge is 2.38. The van der Waals surface area contributed by atoms with E-state index in [1.165, 1.54) is 23.9 Å². The number of hydrogen-bond acceptors (Lipinski definition) is 6. The first-order chi connectivity index (χ1) is 11.9. The predicted molar refractivity (Wildman–Crippen MR) is 78.9 cm³/mol. The molecule has 0 N–H and O–H groups in total. The number of hydrogen-bond donors (Lipinski definition) is 0. The summed E-state index contributed by atoms with van der Waals surface area (Å²) in [7, 11) is 1.46. The SMILES string of the molecule is COc1ncccc1Cn1ccc(-c2noc(C(F)(F)F)n2)cc1=O. The van der Waals surface area contributed by atoms with Crippen molar-refractivity contribution in [1.82, 2.24) is 19.7 Å². The molecule has 0 unspecified atom stereocenters. The standard InChI is InChI=1S/C15H11F3N4O3/c1-24-13-10(3-2-5-19-13)8-22-6-4-9(7-11(22)23)12-20-14(25-21-12)15(16,17)18/h2-7H,8H2,1H3. The molecule has 0 aliphatic heterocycles. The van der Waals surface area contributed by atoms with Gasteiger partial charge in [0.25, 0.3) is 5.56 Å². The van der Waals surface area contributed by atoms with Gasteiger partial charge in [-0.2, -0.15) is 18.2 Å². The first kappa shape index (κ1) is 16.7. The minimum Gasteiger partial charge on any atom is -0.481 e. The monoisotopic (exact) mass is 352 g/mol. The second-order valence-electron chi connectivity index (χ2n) is 4.97. The molecule has 3 heterocycles. The van der Waals surface area contributed by atoms with E-state index in [1.54, 1.807) is 18.3 Å². The van der Waals surface area contributed by atoms with Crippen molar-refractivity contribution in [1.29, 1.82) is 0 Å². The van der Waals surface area contributed by atoms with E-state index < -0.39 is 17.6 Å². The fraction of sp³-hybridized carbons (Fsp3) is 0.200. The summed E-state index contributed by atoms with van der Waals surface area (Å²) in [6.45, 7) is 0.191. The van der Waals surface area contributed by atoms with Gasteiger partial charge >= 0.3 is 12.1 Å². The van der Waals surface area contributed by atoms with Crippen LogP contribution in [-0.4, -0.2) is 26.8 Å². The van der Waals surface area contributed by atoms with Crippen LogP contribution in [0.4, 0.5) is 13.2 Å². The van der Waals surface area contributed by atoms with Gasteiger partial charge in [0.1, 0.15) is 0 Å². The third-order valence-electron chi connectivity index (χ3n) is 3.31. The third-order valence-corrected chi connectivity index (χ3v) is 3.31. The lowest BCUT2D eigenvalue weighted by molar-refractivity contribution is -0.159. The molecule has 0 fully saturated rings. The fourth-order valence-corrected chi connectivity index (χ4v) is 2.15. The zero-order valence-corrected chi connectivity index (χ0v) is 12.8. The maximum Gasteiger partial charge on any atom is 0.471 e. The molecule has 0 radical (unpaired) electrons. The summed E-state index contributed by atoms with van der Waals surface area (Å²) in [5.41, 5.74) is 0.360. The number of alkyl halides is 3. The van der Waals surface area contributed by atoms with Crippen molar-refractivity contribution in [3.8, 4) is 17.3 Å². The number of ether oxygens (including phenoxy) is 1. The second-order valence-corrected chi connectivity index (χ2v) is 4.97. The number of pyridine rings is 2. The fourth-order valence-electron chi connectivity index (χ4n) is 2.15. The lowest BCUT2D eigenvalue weighted by Crippen LogP contribution is -2.19. The lowest BCUT2D eigenvalue weighted by Gasteiger charge is -2.09. The largest absolute Gasteiger partial charge is 0.481 e. The van der Waals surface area contributed by atoms with Crippen LogP contribution in [0.3, 0.4) is 0 Å². The molecule has 7 nitrogen and oxygen atoms in total. The number of nitrogens with zero attached hydrogens (tertiary/aromatic N) is 4. The quantitative estimate of drug-likeness (QED) is 0.717. The molecule has 0 saturated heterocycles. The Morgan fingerprint density at radius 2 is 2.12 bits per heavy atom. The Balaban J connectivity index is 1.89. The van der Waals surface area contributed by atoms with Crippen LogP contribution in [-0.2, 0) is 12.7 Å². The molecule has 3 aromatic heterocycles. The Morgan fingerprint density at radius 3 is 2.76 bits per heavy atom. The normalized spacial score (nSPS) is 11.5. The Morgan fingerprint density at radius 1 is 1.32 bits per heavy atom. The Hall–Kier alpha value is -3.17. The summed E-state index contributed by atoms with van der Waals surface area (Å²) in [6.07, 6.45) is -1.76. The van der Waals surface area contributed by atoms with Crippen molar-refractivity contribution in [3.05, 3.63) is 58.5 Å². The van der Waals surface area contributed by atoms with Crippen molar-refractivity contribution in [2.24, 2.45) is 0 Å². The highest BCUT2D eigenvalue weighted by Crippen LogP contribution is 2.29. The van der Waals surface area contributed by atoms with Crippen molar-refractivity contribution >= 4 is 0 Å². The van der Waals surface area contributed by atoms with Gasteiger partial charge in [-0.1, -0.05) is 11.2 Å². The van der Waals surface area contributed by atoms with Gasteiger partial charge in [0.15, 0.2) is 0 Å². The van der Waals surface area contributed by atoms with E-state index >= 15 is 0 Å². The molecule has 0 spiro atoms. The maximum absolute atomic E-state index is 12.5. The Kier molecular flexibility index (Phi) is 4.26. The summed E-state index contributed by atoms with van der Waals surface area (Å²) < 4.78 is 48.1. The average Bonchev–Trinajstić information content (AvgIpc) is 3.07. The van der Waals surface area contributed by atoms with Crippen molar-refractivity contribution in [2.75, 3.05) is 7.11 Å². The van der Waals surface area contributed by atoms with Gasteiger partial charge in [-0.15, -0.1) is 0 Å². The first-order valence-corrected chi connectivity index (χ1v) is 6.98. The van der Waals surface area contributed by atoms with Crippen molar-refractivity contribution in [3.63, 3.8) is 0 Å². The van der Waals surface area contributed by atoms with Crippen LogP contribution in [0.1, 0.15) is 11.5 Å². The Bertz CT molecular complexity index is 949. The number of aromatic nitrogens is 4. The number of halogens is 3. The minimum absolute atomic E-state index is 0.124. The minimum atomic E-state index is -4.74. The third kappa shape index (κ3) is 3.52. The summed E-state index contributed by atoms with van der Waals surface area (Å²) in [5.74, 6) is -1.39. The predicted octanol–water partition coefficient (Wildman–Crippen LogP) is 2.37. The smallest absolute Gasteiger partial charge is 0.471 e. The second kappa shape index (κ2) is 6.38. The molecule has 130 valence electrons. The first-order valence-electron chi connectivity index (χ1n) is 6.98. The van der Waals surface area contributed by atoms with Crippen LogP contribution >= 0.6 is 0 Å². The highest BCUT2D eigenvalue weighted by molar-refractivity contribution is 5.52. The zero-order valence-electron chi connectivity index (χ0n) is 12.8. The van der Waals surface area contributed by atoms with Gasteiger partial charge in [0.05, 0.1) is 13.7 Å². The Labute approximate surface area is 138 Å². The maximum atomic E-state index is 12.5. The average molecular weight is 352 g/mol. The summed E-state index contributed by atoms with van der Waals surface area (Å²) in [4.78, 5) is 19.5. The van der Waals surface area contributed by atoms with Gasteiger partial charge in [0.2, 0.25) is 11.7 Å². The highest BCUT2D eigenvalue weighted by atomic mass is 19.4. The molecule has 3 aromatic rings. The van der Waals surface area contributed by atoms with E-state index in [-0.39, 0.29) is 17.9 Å². The van der Waals surface area contributed by atoms with Crippen LogP contribution in [0.2, 0.25) is 0 Å². The van der Waals surface area contributed by atoms with Crippen LogP contribution in [0.5, 0.6) is 5.88 Å². The molecule has 3 rings (SSSR count). The van der Waals surface area contributed by atoms with Gasteiger partial charge in [-0.25, -0.2) is 4.98 Å². The van der Waals surface area contributed by atoms with Gasteiger partial charge in [0, 0.05) is 29.6 Å². The van der Waals surface area contributed by atoms with E-state index in [0.29, 0.717) is 11.4 Å². The molecule has 0 saturated carbocycles. The molecule has 0 aromatic carbocycles. The van der Waals surface area contributed by atoms with Gasteiger partial charge in [-0.3, -0.25) is 4.79 Å². The topological polar surface area (TPSA) is 83.0 Å². The van der Waals surface area contributed by atoms with Gasteiger partial charge in [-0.05, 0) is 12.1 Å². The summed E-state index contributed by atoms with van der Waals surface area (Å²) >= 11 is 0. The van der Waals surface area contributed by atoms with E-state index in [2.05, 4.69) is 19.6 Å². The van der Waals surface area contributed by atoms with E-state index in [0.717, 1.165) is 6.07 Å². The van der Waals surface area contributed by atoms with Crippen LogP contribution in [0, 0.1) is 0 Å². The molecule has 10 heteroatoms. The number of methoxy groups -OCH3 is 1. The molecule has 0 atom stereocenters. The van der Waals surface area contributed by atoms with E-state index in [9.17, 15) is 18.0 Å².